The number of aliphatic imine (C=N–C) groups is 1. The summed E-state index contributed by atoms with van der Waals surface area (Å²) >= 11 is 0. The maximum Gasteiger partial charge on any atom is 0.191 e. The highest BCUT2D eigenvalue weighted by Gasteiger charge is 2.02. The molecule has 0 aromatic heterocycles. The lowest BCUT2D eigenvalue weighted by atomic mass is 10.2. The van der Waals surface area contributed by atoms with E-state index in [4.69, 9.17) is 10.5 Å². The van der Waals surface area contributed by atoms with E-state index in [2.05, 4.69) is 37.6 Å². The van der Waals surface area contributed by atoms with Crippen LogP contribution in [0.2, 0.25) is 0 Å². The van der Waals surface area contributed by atoms with E-state index in [1.54, 1.807) is 0 Å². The van der Waals surface area contributed by atoms with Gasteiger partial charge in [-0.3, -0.25) is 0 Å². The third-order valence-corrected chi connectivity index (χ3v) is 4.01. The third-order valence-electron chi connectivity index (χ3n) is 4.01. The molecule has 0 saturated carbocycles. The molecule has 0 radical (unpaired) electrons. The molecule has 0 fully saturated rings. The van der Waals surface area contributed by atoms with Crippen LogP contribution in [0, 0.1) is 0 Å². The number of ether oxygens (including phenoxy) is 1. The van der Waals surface area contributed by atoms with Crippen LogP contribution >= 0.6 is 24.0 Å². The van der Waals surface area contributed by atoms with E-state index in [1.807, 2.05) is 29.2 Å². The van der Waals surface area contributed by atoms with Gasteiger partial charge in [-0.05, 0) is 44.6 Å². The van der Waals surface area contributed by atoms with Crippen LogP contribution in [0.25, 0.3) is 0 Å². The third kappa shape index (κ3) is 8.19. The smallest absolute Gasteiger partial charge is 0.191 e. The van der Waals surface area contributed by atoms with Crippen LogP contribution in [0.5, 0.6) is 5.75 Å². The van der Waals surface area contributed by atoms with Crippen molar-refractivity contribution in [3.05, 3.63) is 29.8 Å². The van der Waals surface area contributed by atoms with E-state index in [0.717, 1.165) is 44.0 Å². The average molecular weight is 448 g/mol. The van der Waals surface area contributed by atoms with Crippen LogP contribution in [0.4, 0.5) is 0 Å². The highest BCUT2D eigenvalue weighted by atomic mass is 127. The predicted molar refractivity (Wildman–Crippen MR) is 113 cm³/mol. The van der Waals surface area contributed by atoms with E-state index >= 15 is 0 Å². The van der Waals surface area contributed by atoms with Gasteiger partial charge in [0.2, 0.25) is 0 Å². The molecule has 0 aliphatic heterocycles. The fraction of sp³-hybridized carbons (Fsp3) is 0.611. The van der Waals surface area contributed by atoms with E-state index in [-0.39, 0.29) is 24.0 Å². The van der Waals surface area contributed by atoms with Gasteiger partial charge in [0, 0.05) is 19.6 Å². The monoisotopic (exact) mass is 448 g/mol. The van der Waals surface area contributed by atoms with Crippen molar-refractivity contribution >= 4 is 29.9 Å². The van der Waals surface area contributed by atoms with E-state index in [0.29, 0.717) is 19.1 Å². The van der Waals surface area contributed by atoms with Gasteiger partial charge in [0.25, 0.3) is 0 Å². The summed E-state index contributed by atoms with van der Waals surface area (Å²) in [6, 6.07) is 8.10. The van der Waals surface area contributed by atoms with Gasteiger partial charge in [-0.2, -0.15) is 0 Å². The maximum atomic E-state index is 5.98. The summed E-state index contributed by atoms with van der Waals surface area (Å²) in [6.07, 6.45) is 0. The summed E-state index contributed by atoms with van der Waals surface area (Å²) in [7, 11) is 0. The van der Waals surface area contributed by atoms with Crippen LogP contribution in [-0.4, -0.2) is 55.1 Å². The molecule has 0 aliphatic rings. The van der Waals surface area contributed by atoms with Gasteiger partial charge in [-0.1, -0.05) is 26.0 Å². The summed E-state index contributed by atoms with van der Waals surface area (Å²) < 4.78 is 5.78. The largest absolute Gasteiger partial charge is 0.492 e. The van der Waals surface area contributed by atoms with Crippen molar-refractivity contribution in [2.75, 3.05) is 39.3 Å². The molecule has 1 rings (SSSR count). The zero-order valence-electron chi connectivity index (χ0n) is 15.5. The average Bonchev–Trinajstić information content (AvgIpc) is 2.59. The number of benzene rings is 1. The van der Waals surface area contributed by atoms with Gasteiger partial charge in [0.1, 0.15) is 12.4 Å². The Morgan fingerprint density at radius 2 is 1.58 bits per heavy atom. The Labute approximate surface area is 164 Å². The van der Waals surface area contributed by atoms with Crippen molar-refractivity contribution < 1.29 is 4.74 Å². The predicted octanol–water partition coefficient (Wildman–Crippen LogP) is 3.18. The Balaban J connectivity index is 0.00000529. The van der Waals surface area contributed by atoms with Crippen LogP contribution in [0.3, 0.4) is 0 Å². The zero-order valence-corrected chi connectivity index (χ0v) is 17.8. The molecule has 1 aromatic carbocycles. The van der Waals surface area contributed by atoms with Crippen molar-refractivity contribution in [2.45, 2.75) is 34.2 Å². The Morgan fingerprint density at radius 3 is 2.08 bits per heavy atom. The van der Waals surface area contributed by atoms with Crippen LogP contribution < -0.4 is 10.5 Å². The Bertz CT molecular complexity index is 457. The first-order chi connectivity index (χ1) is 11.1. The van der Waals surface area contributed by atoms with Crippen molar-refractivity contribution in [1.29, 1.82) is 0 Å². The lowest BCUT2D eigenvalue weighted by Gasteiger charge is -2.19. The second kappa shape index (κ2) is 13.3. The molecule has 0 saturated heterocycles. The summed E-state index contributed by atoms with van der Waals surface area (Å²) in [5, 5.41) is 0. The number of hydrogen-bond donors (Lipinski definition) is 1. The van der Waals surface area contributed by atoms with E-state index < -0.39 is 0 Å². The summed E-state index contributed by atoms with van der Waals surface area (Å²) in [5.41, 5.74) is 7.12. The second-order valence-electron chi connectivity index (χ2n) is 5.37. The van der Waals surface area contributed by atoms with Crippen molar-refractivity contribution in [2.24, 2.45) is 10.7 Å². The molecule has 0 spiro atoms. The molecule has 24 heavy (non-hydrogen) atoms. The molecule has 0 heterocycles. The van der Waals surface area contributed by atoms with Crippen molar-refractivity contribution in [3.63, 3.8) is 0 Å². The topological polar surface area (TPSA) is 54.1 Å². The first kappa shape index (κ1) is 23.0. The number of nitrogens with zero attached hydrogens (tertiary/aromatic N) is 3. The van der Waals surface area contributed by atoms with Crippen LogP contribution in [-0.2, 0) is 6.54 Å². The normalized spacial score (nSPS) is 11.3. The number of hydrogen-bond acceptors (Lipinski definition) is 3. The molecule has 6 heteroatoms. The molecule has 1 aromatic rings. The molecule has 5 nitrogen and oxygen atoms in total. The van der Waals surface area contributed by atoms with Gasteiger partial charge in [-0.25, -0.2) is 4.99 Å². The maximum absolute atomic E-state index is 5.98. The van der Waals surface area contributed by atoms with E-state index in [9.17, 15) is 0 Å². The minimum Gasteiger partial charge on any atom is -0.492 e. The molecular formula is C18H33IN4O. The number of nitrogens with two attached hydrogens (primary N) is 1. The highest BCUT2D eigenvalue weighted by Crippen LogP contribution is 2.13. The van der Waals surface area contributed by atoms with Crippen LogP contribution in [0.1, 0.15) is 33.3 Å². The molecule has 138 valence electrons. The molecule has 0 atom stereocenters. The Morgan fingerprint density at radius 1 is 1.00 bits per heavy atom. The van der Waals surface area contributed by atoms with Crippen molar-refractivity contribution in [3.8, 4) is 5.75 Å². The molecular weight excluding hydrogens is 415 g/mol. The molecule has 0 unspecified atom stereocenters. The van der Waals surface area contributed by atoms with Gasteiger partial charge in [0.05, 0.1) is 6.54 Å². The number of guanidine groups is 1. The zero-order chi connectivity index (χ0) is 17.1. The number of rotatable bonds is 10. The molecule has 0 aliphatic carbocycles. The molecule has 2 N–H and O–H groups in total. The van der Waals surface area contributed by atoms with Crippen molar-refractivity contribution in [1.82, 2.24) is 9.80 Å². The lowest BCUT2D eigenvalue weighted by Crippen LogP contribution is -2.37. The summed E-state index contributed by atoms with van der Waals surface area (Å²) in [6.45, 7) is 14.7. The van der Waals surface area contributed by atoms with Gasteiger partial charge < -0.3 is 20.3 Å². The first-order valence-corrected chi connectivity index (χ1v) is 8.63. The van der Waals surface area contributed by atoms with Crippen LogP contribution in [0.15, 0.2) is 29.3 Å². The SMILES string of the molecule is CCN(CC)CCOc1ccc(CN=C(N)N(CC)CC)cc1.I. The Kier molecular flexibility index (Phi) is 12.7. The van der Waals surface area contributed by atoms with Gasteiger partial charge in [-0.15, -0.1) is 24.0 Å². The van der Waals surface area contributed by atoms with E-state index in [1.165, 1.54) is 0 Å². The molecule has 0 bridgehead atoms. The summed E-state index contributed by atoms with van der Waals surface area (Å²) in [5.74, 6) is 1.51. The number of halogens is 1. The highest BCUT2D eigenvalue weighted by molar-refractivity contribution is 14.0. The lowest BCUT2D eigenvalue weighted by molar-refractivity contribution is 0.223. The fourth-order valence-corrected chi connectivity index (χ4v) is 2.34. The standard InChI is InChI=1S/C18H32N4O.HI/c1-5-21(6-2)13-14-23-17-11-9-16(10-12-17)15-20-18(19)22(7-3)8-4;/h9-12H,5-8,13-15H2,1-4H3,(H2,19,20);1H. The minimum absolute atomic E-state index is 0. The van der Waals surface area contributed by atoms with Gasteiger partial charge in [0.15, 0.2) is 5.96 Å². The molecule has 0 amide bonds. The quantitative estimate of drug-likeness (QED) is 0.340. The Hall–Kier alpha value is -1.02. The van der Waals surface area contributed by atoms with Gasteiger partial charge >= 0.3 is 0 Å². The minimum atomic E-state index is 0. The number of likely N-dealkylation sites (N-methyl/N-ethyl adjacent to an activating group) is 1. The first-order valence-electron chi connectivity index (χ1n) is 8.63. The summed E-state index contributed by atoms with van der Waals surface area (Å²) in [4.78, 5) is 8.84. The second-order valence-corrected chi connectivity index (χ2v) is 5.37. The fourth-order valence-electron chi connectivity index (χ4n) is 2.34.